The van der Waals surface area contributed by atoms with Gasteiger partial charge in [0.05, 0.1) is 19.1 Å². The summed E-state index contributed by atoms with van der Waals surface area (Å²) >= 11 is 0. The fourth-order valence-corrected chi connectivity index (χ4v) is 2.96. The third-order valence-electron chi connectivity index (χ3n) is 4.36. The smallest absolute Gasteiger partial charge is 0.309 e. The molecular formula is C19H29N3O3. The van der Waals surface area contributed by atoms with Gasteiger partial charge >= 0.3 is 5.97 Å². The predicted octanol–water partition coefficient (Wildman–Crippen LogP) is 2.22. The molecule has 0 radical (unpaired) electrons. The normalized spacial score (nSPS) is 15.8. The second kappa shape index (κ2) is 9.91. The van der Waals surface area contributed by atoms with Crippen LogP contribution in [0.25, 0.3) is 0 Å². The van der Waals surface area contributed by atoms with Gasteiger partial charge in [0.2, 0.25) is 0 Å². The van der Waals surface area contributed by atoms with E-state index < -0.39 is 0 Å². The van der Waals surface area contributed by atoms with Gasteiger partial charge in [-0.1, -0.05) is 18.2 Å². The number of piperidine rings is 1. The van der Waals surface area contributed by atoms with E-state index in [0.717, 1.165) is 43.2 Å². The number of rotatable bonds is 6. The maximum atomic E-state index is 11.8. The van der Waals surface area contributed by atoms with Gasteiger partial charge in [-0.15, -0.1) is 0 Å². The summed E-state index contributed by atoms with van der Waals surface area (Å²) in [5.41, 5.74) is 1.13. The van der Waals surface area contributed by atoms with Crippen LogP contribution in [-0.2, 0) is 9.53 Å². The monoisotopic (exact) mass is 347 g/mol. The quantitative estimate of drug-likeness (QED) is 0.370. The van der Waals surface area contributed by atoms with Crippen molar-refractivity contribution in [1.29, 1.82) is 0 Å². The van der Waals surface area contributed by atoms with Crippen LogP contribution in [0.2, 0.25) is 0 Å². The lowest BCUT2D eigenvalue weighted by Gasteiger charge is -2.33. The van der Waals surface area contributed by atoms with E-state index in [1.54, 1.807) is 7.05 Å². The van der Waals surface area contributed by atoms with Gasteiger partial charge in [-0.3, -0.25) is 9.79 Å². The van der Waals surface area contributed by atoms with Crippen LogP contribution in [-0.4, -0.2) is 56.7 Å². The van der Waals surface area contributed by atoms with Gasteiger partial charge in [0, 0.05) is 20.1 Å². The first-order valence-electron chi connectivity index (χ1n) is 8.96. The van der Waals surface area contributed by atoms with Crippen molar-refractivity contribution in [3.8, 4) is 5.75 Å². The van der Waals surface area contributed by atoms with E-state index in [4.69, 9.17) is 9.47 Å². The number of ether oxygens (including phenoxy) is 2. The molecule has 6 nitrogen and oxygen atoms in total. The number of aryl methyl sites for hydroxylation is 1. The van der Waals surface area contributed by atoms with Crippen LogP contribution in [0.5, 0.6) is 5.75 Å². The minimum atomic E-state index is -0.0725. The zero-order chi connectivity index (χ0) is 18.1. The Morgan fingerprint density at radius 3 is 2.68 bits per heavy atom. The van der Waals surface area contributed by atoms with Crippen LogP contribution in [0.15, 0.2) is 29.3 Å². The lowest BCUT2D eigenvalue weighted by Crippen LogP contribution is -2.47. The first-order chi connectivity index (χ1) is 12.2. The number of carbonyl (C=O) groups is 1. The van der Waals surface area contributed by atoms with Gasteiger partial charge < -0.3 is 19.7 Å². The summed E-state index contributed by atoms with van der Waals surface area (Å²) in [6.07, 6.45) is 1.61. The average Bonchev–Trinajstić information content (AvgIpc) is 2.63. The van der Waals surface area contributed by atoms with Crippen LogP contribution >= 0.6 is 0 Å². The molecule has 1 aromatic rings. The number of carbonyl (C=O) groups excluding carboxylic acids is 1. The Kier molecular flexibility index (Phi) is 7.57. The molecule has 0 bridgehead atoms. The topological polar surface area (TPSA) is 63.2 Å². The Morgan fingerprint density at radius 2 is 2.04 bits per heavy atom. The van der Waals surface area contributed by atoms with Crippen molar-refractivity contribution in [3.63, 3.8) is 0 Å². The predicted molar refractivity (Wildman–Crippen MR) is 99.0 cm³/mol. The second-order valence-electron chi connectivity index (χ2n) is 6.10. The molecule has 1 saturated heterocycles. The van der Waals surface area contributed by atoms with Crippen LogP contribution < -0.4 is 10.1 Å². The minimum Gasteiger partial charge on any atom is -0.491 e. The molecule has 138 valence electrons. The number of hydrogen-bond donors (Lipinski definition) is 1. The zero-order valence-corrected chi connectivity index (χ0v) is 15.5. The molecule has 6 heteroatoms. The van der Waals surface area contributed by atoms with Gasteiger partial charge in [0.1, 0.15) is 12.4 Å². The minimum absolute atomic E-state index is 0.0127. The van der Waals surface area contributed by atoms with Crippen LogP contribution in [0, 0.1) is 12.8 Å². The largest absolute Gasteiger partial charge is 0.491 e. The number of esters is 1. The van der Waals surface area contributed by atoms with Gasteiger partial charge in [-0.05, 0) is 38.3 Å². The number of para-hydroxylation sites is 1. The molecule has 1 heterocycles. The second-order valence-corrected chi connectivity index (χ2v) is 6.10. The molecular weight excluding hydrogens is 318 g/mol. The molecule has 0 aromatic heterocycles. The highest BCUT2D eigenvalue weighted by Gasteiger charge is 2.27. The molecule has 1 N–H and O–H groups in total. The summed E-state index contributed by atoms with van der Waals surface area (Å²) in [6.45, 7) is 7.20. The maximum absolute atomic E-state index is 11.8. The van der Waals surface area contributed by atoms with Gasteiger partial charge in [0.15, 0.2) is 5.96 Å². The Morgan fingerprint density at radius 1 is 1.32 bits per heavy atom. The summed E-state index contributed by atoms with van der Waals surface area (Å²) in [4.78, 5) is 18.3. The van der Waals surface area contributed by atoms with Crippen molar-refractivity contribution in [3.05, 3.63) is 29.8 Å². The lowest BCUT2D eigenvalue weighted by atomic mass is 9.97. The van der Waals surface area contributed by atoms with E-state index >= 15 is 0 Å². The maximum Gasteiger partial charge on any atom is 0.309 e. The van der Waals surface area contributed by atoms with E-state index in [-0.39, 0.29) is 11.9 Å². The number of likely N-dealkylation sites (tertiary alicyclic amines) is 1. The fraction of sp³-hybridized carbons (Fsp3) is 0.579. The standard InChI is InChI=1S/C19H29N3O3/c1-4-24-18(23)16-9-12-22(13-10-16)19(20-3)21-11-14-25-17-8-6-5-7-15(17)2/h5-8,16H,4,9-14H2,1-3H3,(H,20,21). The number of nitrogens with zero attached hydrogens (tertiary/aromatic N) is 2. The van der Waals surface area contributed by atoms with Crippen molar-refractivity contribution in [2.45, 2.75) is 26.7 Å². The van der Waals surface area contributed by atoms with E-state index in [1.807, 2.05) is 38.1 Å². The van der Waals surface area contributed by atoms with Gasteiger partial charge in [-0.2, -0.15) is 0 Å². The summed E-state index contributed by atoms with van der Waals surface area (Å²) in [5, 5.41) is 3.33. The van der Waals surface area contributed by atoms with Crippen molar-refractivity contribution < 1.29 is 14.3 Å². The number of guanidine groups is 1. The Hall–Kier alpha value is -2.24. The SMILES string of the molecule is CCOC(=O)C1CCN(C(=NC)NCCOc2ccccc2C)CC1. The molecule has 1 aromatic carbocycles. The third kappa shape index (κ3) is 5.66. The van der Waals surface area contributed by atoms with Crippen molar-refractivity contribution in [2.24, 2.45) is 10.9 Å². The third-order valence-corrected chi connectivity index (χ3v) is 4.36. The van der Waals surface area contributed by atoms with Gasteiger partial charge in [0.25, 0.3) is 0 Å². The molecule has 0 saturated carbocycles. The molecule has 0 unspecified atom stereocenters. The number of benzene rings is 1. The molecule has 0 spiro atoms. The summed E-state index contributed by atoms with van der Waals surface area (Å²) < 4.78 is 10.9. The van der Waals surface area contributed by atoms with Crippen LogP contribution in [0.4, 0.5) is 0 Å². The number of hydrogen-bond acceptors (Lipinski definition) is 4. The first kappa shape index (κ1) is 19.1. The lowest BCUT2D eigenvalue weighted by molar-refractivity contribution is -0.149. The van der Waals surface area contributed by atoms with Crippen molar-refractivity contribution in [2.75, 3.05) is 39.9 Å². The Balaban J connectivity index is 1.72. The zero-order valence-electron chi connectivity index (χ0n) is 15.5. The molecule has 25 heavy (non-hydrogen) atoms. The molecule has 0 aliphatic carbocycles. The van der Waals surface area contributed by atoms with Gasteiger partial charge in [-0.25, -0.2) is 0 Å². The highest BCUT2D eigenvalue weighted by atomic mass is 16.5. The molecule has 0 amide bonds. The average molecular weight is 347 g/mol. The fourth-order valence-electron chi connectivity index (χ4n) is 2.96. The van der Waals surface area contributed by atoms with E-state index in [1.165, 1.54) is 0 Å². The summed E-state index contributed by atoms with van der Waals surface area (Å²) in [7, 11) is 1.78. The number of nitrogens with one attached hydrogen (secondary N) is 1. The number of aliphatic imine (C=N–C) groups is 1. The molecule has 1 aliphatic rings. The summed E-state index contributed by atoms with van der Waals surface area (Å²) in [5.74, 6) is 1.71. The Labute approximate surface area is 150 Å². The van der Waals surface area contributed by atoms with Crippen LogP contribution in [0.3, 0.4) is 0 Å². The molecule has 2 rings (SSSR count). The van der Waals surface area contributed by atoms with E-state index in [0.29, 0.717) is 19.8 Å². The molecule has 1 fully saturated rings. The van der Waals surface area contributed by atoms with E-state index in [2.05, 4.69) is 15.2 Å². The van der Waals surface area contributed by atoms with E-state index in [9.17, 15) is 4.79 Å². The summed E-state index contributed by atoms with van der Waals surface area (Å²) in [6, 6.07) is 7.99. The van der Waals surface area contributed by atoms with Crippen molar-refractivity contribution in [1.82, 2.24) is 10.2 Å². The molecule has 0 atom stereocenters. The highest BCUT2D eigenvalue weighted by Crippen LogP contribution is 2.19. The first-order valence-corrected chi connectivity index (χ1v) is 8.96. The highest BCUT2D eigenvalue weighted by molar-refractivity contribution is 5.80. The Bertz CT molecular complexity index is 581. The molecule has 1 aliphatic heterocycles. The van der Waals surface area contributed by atoms with Crippen molar-refractivity contribution >= 4 is 11.9 Å². The van der Waals surface area contributed by atoms with Crippen LogP contribution in [0.1, 0.15) is 25.3 Å².